The highest BCUT2D eigenvalue weighted by Gasteiger charge is 2.07. The molecule has 2 heteroatoms. The van der Waals surface area contributed by atoms with E-state index in [2.05, 4.69) is 105 Å². The van der Waals surface area contributed by atoms with Crippen molar-refractivity contribution in [3.63, 3.8) is 0 Å². The first-order chi connectivity index (χ1) is 16.0. The van der Waals surface area contributed by atoms with E-state index in [-0.39, 0.29) is 6.04 Å². The van der Waals surface area contributed by atoms with Crippen molar-refractivity contribution >= 4 is 5.69 Å². The predicted octanol–water partition coefficient (Wildman–Crippen LogP) is 8.34. The zero-order chi connectivity index (χ0) is 24.2. The van der Waals surface area contributed by atoms with Crippen LogP contribution in [0.3, 0.4) is 0 Å². The highest BCUT2D eigenvalue weighted by molar-refractivity contribution is 5.64. The Morgan fingerprint density at radius 3 is 1.67 bits per heavy atom. The zero-order valence-corrected chi connectivity index (χ0v) is 21.2. The maximum absolute atomic E-state index is 5.85. The highest BCUT2D eigenvalue weighted by atomic mass is 14.9. The maximum Gasteiger partial charge on any atom is 0.0649 e. The molecule has 176 valence electrons. The van der Waals surface area contributed by atoms with Gasteiger partial charge in [0.2, 0.25) is 0 Å². The van der Waals surface area contributed by atoms with E-state index in [9.17, 15) is 0 Å². The van der Waals surface area contributed by atoms with Gasteiger partial charge in [0.25, 0.3) is 0 Å². The Hall–Kier alpha value is -3.00. The molecular weight excluding hydrogens is 400 g/mol. The Balaban J connectivity index is 0.00000187. The van der Waals surface area contributed by atoms with Crippen LogP contribution in [0.5, 0.6) is 0 Å². The van der Waals surface area contributed by atoms with Gasteiger partial charge in [0.1, 0.15) is 0 Å². The van der Waals surface area contributed by atoms with E-state index < -0.39 is 0 Å². The van der Waals surface area contributed by atoms with Crippen LogP contribution in [0.15, 0.2) is 85.1 Å². The fourth-order valence-electron chi connectivity index (χ4n) is 3.85. The van der Waals surface area contributed by atoms with Crippen molar-refractivity contribution in [2.24, 2.45) is 5.73 Å². The van der Waals surface area contributed by atoms with Crippen LogP contribution in [0.4, 0.5) is 5.69 Å². The van der Waals surface area contributed by atoms with Crippen molar-refractivity contribution < 1.29 is 0 Å². The Morgan fingerprint density at radius 1 is 0.788 bits per heavy atom. The number of nitrogens with one attached hydrogen (secondary N) is 1. The molecule has 0 spiro atoms. The summed E-state index contributed by atoms with van der Waals surface area (Å²) in [6.07, 6.45) is 4.25. The molecule has 1 unspecified atom stereocenters. The lowest BCUT2D eigenvalue weighted by Gasteiger charge is -2.18. The van der Waals surface area contributed by atoms with Gasteiger partial charge >= 0.3 is 0 Å². The summed E-state index contributed by atoms with van der Waals surface area (Å²) in [5.74, 6) is 0.572. The third-order valence-electron chi connectivity index (χ3n) is 5.95. The normalized spacial score (nSPS) is 11.5. The van der Waals surface area contributed by atoms with Crippen LogP contribution in [0.1, 0.15) is 70.1 Å². The molecule has 0 heterocycles. The van der Waals surface area contributed by atoms with Crippen molar-refractivity contribution in [1.82, 2.24) is 0 Å². The van der Waals surface area contributed by atoms with E-state index in [0.717, 1.165) is 31.4 Å². The molecule has 2 nitrogen and oxygen atoms in total. The largest absolute Gasteiger partial charge is 0.401 e. The molecule has 0 radical (unpaired) electrons. The lowest BCUT2D eigenvalue weighted by molar-refractivity contribution is 0.781. The van der Waals surface area contributed by atoms with Gasteiger partial charge in [-0.15, -0.1) is 0 Å². The monoisotopic (exact) mass is 442 g/mol. The van der Waals surface area contributed by atoms with Gasteiger partial charge in [-0.25, -0.2) is 0 Å². The third-order valence-corrected chi connectivity index (χ3v) is 5.95. The summed E-state index contributed by atoms with van der Waals surface area (Å²) >= 11 is 0. The number of anilines is 1. The molecular formula is C31H42N2. The molecule has 0 fully saturated rings. The fraction of sp³-hybridized carbons (Fsp3) is 0.355. The summed E-state index contributed by atoms with van der Waals surface area (Å²) in [6, 6.07) is 26.8. The smallest absolute Gasteiger partial charge is 0.0649 e. The molecule has 0 aliphatic rings. The van der Waals surface area contributed by atoms with Crippen molar-refractivity contribution in [2.45, 2.75) is 72.3 Å². The van der Waals surface area contributed by atoms with Crippen LogP contribution >= 0.6 is 0 Å². The number of aryl methyl sites for hydroxylation is 2. The summed E-state index contributed by atoms with van der Waals surface area (Å²) in [5, 5.41) is 3.44. The van der Waals surface area contributed by atoms with Crippen LogP contribution in [-0.2, 0) is 12.8 Å². The lowest BCUT2D eigenvalue weighted by Crippen LogP contribution is -2.24. The van der Waals surface area contributed by atoms with Gasteiger partial charge in [-0.3, -0.25) is 0 Å². The fourth-order valence-corrected chi connectivity index (χ4v) is 3.85. The molecule has 0 aliphatic carbocycles. The van der Waals surface area contributed by atoms with E-state index in [1.165, 1.54) is 27.8 Å². The summed E-state index contributed by atoms with van der Waals surface area (Å²) in [5.41, 5.74) is 14.4. The van der Waals surface area contributed by atoms with E-state index >= 15 is 0 Å². The molecule has 0 amide bonds. The number of hydrogen-bond acceptors (Lipinski definition) is 2. The van der Waals surface area contributed by atoms with Crippen molar-refractivity contribution in [3.8, 4) is 11.1 Å². The van der Waals surface area contributed by atoms with Gasteiger partial charge in [0.05, 0.1) is 6.04 Å². The van der Waals surface area contributed by atoms with Gasteiger partial charge in [-0.05, 0) is 71.6 Å². The summed E-state index contributed by atoms with van der Waals surface area (Å²) in [7, 11) is 0. The number of benzene rings is 3. The molecule has 0 saturated heterocycles. The van der Waals surface area contributed by atoms with Gasteiger partial charge in [-0.2, -0.15) is 0 Å². The van der Waals surface area contributed by atoms with Crippen LogP contribution in [-0.4, -0.2) is 6.04 Å². The molecule has 3 N–H and O–H groups in total. The second-order valence-corrected chi connectivity index (χ2v) is 8.70. The van der Waals surface area contributed by atoms with Crippen LogP contribution in [0, 0.1) is 0 Å². The molecule has 0 bridgehead atoms. The Labute approximate surface area is 201 Å². The van der Waals surface area contributed by atoms with E-state index in [0.29, 0.717) is 11.6 Å². The van der Waals surface area contributed by atoms with Gasteiger partial charge < -0.3 is 11.1 Å². The highest BCUT2D eigenvalue weighted by Crippen LogP contribution is 2.23. The topological polar surface area (TPSA) is 38.0 Å². The Morgan fingerprint density at radius 2 is 1.24 bits per heavy atom. The quantitative estimate of drug-likeness (QED) is 0.331. The van der Waals surface area contributed by atoms with Gasteiger partial charge in [0.15, 0.2) is 0 Å². The lowest BCUT2D eigenvalue weighted by atomic mass is 9.97. The van der Waals surface area contributed by atoms with Crippen molar-refractivity contribution in [1.29, 1.82) is 0 Å². The minimum Gasteiger partial charge on any atom is -0.401 e. The Kier molecular flexibility index (Phi) is 10.8. The van der Waals surface area contributed by atoms with Crippen molar-refractivity contribution in [2.75, 3.05) is 5.32 Å². The third kappa shape index (κ3) is 8.13. The second kappa shape index (κ2) is 13.5. The first kappa shape index (κ1) is 26.3. The molecule has 0 aliphatic heterocycles. The zero-order valence-electron chi connectivity index (χ0n) is 21.2. The number of rotatable bonds is 10. The predicted molar refractivity (Wildman–Crippen MR) is 147 cm³/mol. The summed E-state index contributed by atoms with van der Waals surface area (Å²) in [6.45, 7) is 14.4. The Bertz CT molecular complexity index is 951. The average Bonchev–Trinajstić information content (AvgIpc) is 2.85. The van der Waals surface area contributed by atoms with Crippen molar-refractivity contribution in [3.05, 3.63) is 102 Å². The van der Waals surface area contributed by atoms with E-state index in [1.54, 1.807) is 0 Å². The molecule has 0 saturated carbocycles. The van der Waals surface area contributed by atoms with E-state index in [4.69, 9.17) is 5.73 Å². The maximum atomic E-state index is 5.85. The van der Waals surface area contributed by atoms with Crippen LogP contribution < -0.4 is 11.1 Å². The second-order valence-electron chi connectivity index (χ2n) is 8.70. The minimum atomic E-state index is 0.127. The minimum absolute atomic E-state index is 0.127. The van der Waals surface area contributed by atoms with Gasteiger partial charge in [0, 0.05) is 11.4 Å². The van der Waals surface area contributed by atoms with Crippen LogP contribution in [0.25, 0.3) is 11.1 Å². The molecule has 1 atom stereocenters. The average molecular weight is 443 g/mol. The molecule has 3 aromatic carbocycles. The van der Waals surface area contributed by atoms with E-state index in [1.807, 2.05) is 13.8 Å². The molecule has 3 aromatic rings. The summed E-state index contributed by atoms with van der Waals surface area (Å²) in [4.78, 5) is 0. The first-order valence-electron chi connectivity index (χ1n) is 12.4. The van der Waals surface area contributed by atoms with Crippen LogP contribution in [0.2, 0.25) is 0 Å². The van der Waals surface area contributed by atoms with Gasteiger partial charge in [-0.1, -0.05) is 102 Å². The standard InChI is InChI=1S/C29H36N2.C2H6/c1-5-29(22(4)30)31-28-19-11-24(12-20-28)8-6-7-23-9-13-26(14-10-23)27-17-15-25(16-18-27)21(2)3;1-2/h9-21,29,31H,4-8,30H2,1-3H3;1-2H3. The SMILES string of the molecule is C=C(N)C(CC)Nc1ccc(CCCc2ccc(-c3ccc(C(C)C)cc3)cc2)cc1.CC. The molecule has 33 heavy (non-hydrogen) atoms. The molecule has 0 aromatic heterocycles. The number of hydrogen-bond donors (Lipinski definition) is 2. The first-order valence-corrected chi connectivity index (χ1v) is 12.4. The number of nitrogens with two attached hydrogens (primary N) is 1. The molecule has 3 rings (SSSR count). The summed E-state index contributed by atoms with van der Waals surface area (Å²) < 4.78 is 0.